The van der Waals surface area contributed by atoms with E-state index in [0.29, 0.717) is 0 Å². The van der Waals surface area contributed by atoms with Gasteiger partial charge in [0.2, 0.25) is 4.80 Å². The molecule has 0 unspecified atom stereocenters. The fourth-order valence-electron chi connectivity index (χ4n) is 2.64. The highest BCUT2D eigenvalue weighted by Gasteiger charge is 2.14. The van der Waals surface area contributed by atoms with Crippen LogP contribution in [0.25, 0.3) is 0 Å². The number of thiazole rings is 1. The largest absolute Gasteiger partial charge is 0.378 e. The van der Waals surface area contributed by atoms with E-state index in [9.17, 15) is 0 Å². The average Bonchev–Trinajstić information content (AvgIpc) is 2.85. The molecule has 22 heavy (non-hydrogen) atoms. The first-order valence-electron chi connectivity index (χ1n) is 7.28. The first-order chi connectivity index (χ1) is 10.2. The second kappa shape index (κ2) is 7.31. The third-order valence-electron chi connectivity index (χ3n) is 3.77. The Balaban J connectivity index is 0.00000176. The van der Waals surface area contributed by atoms with Crippen molar-refractivity contribution in [3.05, 3.63) is 45.2 Å². The minimum atomic E-state index is 0. The van der Waals surface area contributed by atoms with Gasteiger partial charge in [0.05, 0.1) is 32.0 Å². The number of para-hydroxylation sites is 1. The molecule has 6 heteroatoms. The predicted octanol–water partition coefficient (Wildman–Crippen LogP) is 3.10. The van der Waals surface area contributed by atoms with Gasteiger partial charge < -0.3 is 9.75 Å². The van der Waals surface area contributed by atoms with Crippen molar-refractivity contribution in [3.63, 3.8) is 0 Å². The van der Waals surface area contributed by atoms with Gasteiger partial charge in [-0.05, 0) is 31.9 Å². The van der Waals surface area contributed by atoms with Crippen molar-refractivity contribution < 1.29 is 4.74 Å². The molecule has 0 aliphatic carbocycles. The first kappa shape index (κ1) is 17.1. The number of rotatable bonds is 2. The lowest BCUT2D eigenvalue weighted by atomic mass is 10.1. The number of nitrogens with zero attached hydrogens (tertiary/aromatic N) is 3. The van der Waals surface area contributed by atoms with Crippen LogP contribution in [-0.2, 0) is 4.74 Å². The number of morpholine rings is 1. The van der Waals surface area contributed by atoms with E-state index < -0.39 is 0 Å². The van der Waals surface area contributed by atoms with Crippen LogP contribution in [0.2, 0.25) is 0 Å². The van der Waals surface area contributed by atoms with E-state index in [1.165, 1.54) is 16.8 Å². The van der Waals surface area contributed by atoms with Crippen molar-refractivity contribution in [1.29, 1.82) is 0 Å². The van der Waals surface area contributed by atoms with Crippen molar-refractivity contribution >= 4 is 29.4 Å². The van der Waals surface area contributed by atoms with Gasteiger partial charge in [0, 0.05) is 11.1 Å². The predicted molar refractivity (Wildman–Crippen MR) is 94.2 cm³/mol. The zero-order valence-electron chi connectivity index (χ0n) is 13.2. The molecule has 2 heterocycles. The molecule has 120 valence electrons. The Bertz CT molecular complexity index is 681. The average molecular weight is 340 g/mol. The van der Waals surface area contributed by atoms with Crippen molar-refractivity contribution in [2.45, 2.75) is 20.8 Å². The van der Waals surface area contributed by atoms with Crippen LogP contribution < -0.4 is 9.81 Å². The second-order valence-corrected chi connectivity index (χ2v) is 6.23. The van der Waals surface area contributed by atoms with Crippen molar-refractivity contribution in [2.24, 2.45) is 4.99 Å². The van der Waals surface area contributed by atoms with Gasteiger partial charge in [-0.3, -0.25) is 0 Å². The highest BCUT2D eigenvalue weighted by atomic mass is 35.5. The Labute approximate surface area is 141 Å². The van der Waals surface area contributed by atoms with Gasteiger partial charge in [0.25, 0.3) is 0 Å². The van der Waals surface area contributed by atoms with E-state index in [-0.39, 0.29) is 12.4 Å². The van der Waals surface area contributed by atoms with Crippen LogP contribution in [0.3, 0.4) is 0 Å². The molecular weight excluding hydrogens is 318 g/mol. The van der Waals surface area contributed by atoms with Crippen LogP contribution in [0.1, 0.15) is 16.8 Å². The molecule has 0 radical (unpaired) electrons. The summed E-state index contributed by atoms with van der Waals surface area (Å²) in [6.45, 7) is 9.76. The Morgan fingerprint density at radius 3 is 2.36 bits per heavy atom. The Morgan fingerprint density at radius 1 is 1.09 bits per heavy atom. The zero-order valence-corrected chi connectivity index (χ0v) is 14.8. The van der Waals surface area contributed by atoms with E-state index in [0.717, 1.165) is 36.8 Å². The van der Waals surface area contributed by atoms with Gasteiger partial charge in [-0.1, -0.05) is 18.2 Å². The molecule has 1 fully saturated rings. The van der Waals surface area contributed by atoms with Gasteiger partial charge >= 0.3 is 0 Å². The summed E-state index contributed by atoms with van der Waals surface area (Å²) in [5.41, 5.74) is 4.75. The molecule has 0 N–H and O–H groups in total. The normalized spacial score (nSPS) is 15.8. The molecule has 1 aromatic heterocycles. The van der Waals surface area contributed by atoms with E-state index in [2.05, 4.69) is 54.0 Å². The maximum atomic E-state index is 5.45. The number of halogens is 1. The van der Waals surface area contributed by atoms with E-state index in [1.54, 1.807) is 11.3 Å². The van der Waals surface area contributed by atoms with Crippen LogP contribution in [-0.4, -0.2) is 31.0 Å². The van der Waals surface area contributed by atoms with Crippen LogP contribution in [0.15, 0.2) is 28.6 Å². The minimum Gasteiger partial charge on any atom is -0.378 e. The molecule has 1 saturated heterocycles. The number of hydrogen-bond acceptors (Lipinski definition) is 4. The van der Waals surface area contributed by atoms with E-state index >= 15 is 0 Å². The fraction of sp³-hybridized carbons (Fsp3) is 0.438. The molecule has 0 bridgehead atoms. The molecule has 3 rings (SSSR count). The molecule has 4 nitrogen and oxygen atoms in total. The highest BCUT2D eigenvalue weighted by Crippen LogP contribution is 2.22. The van der Waals surface area contributed by atoms with Crippen LogP contribution >= 0.6 is 23.7 Å². The maximum Gasteiger partial charge on any atom is 0.209 e. The third kappa shape index (κ3) is 3.37. The Hall–Kier alpha value is -1.30. The summed E-state index contributed by atoms with van der Waals surface area (Å²) >= 11 is 1.70. The molecule has 2 aromatic rings. The summed E-state index contributed by atoms with van der Waals surface area (Å²) in [5, 5.41) is 4.49. The Kier molecular flexibility index (Phi) is 5.67. The molecule has 0 saturated carbocycles. The van der Waals surface area contributed by atoms with Crippen LogP contribution in [0.4, 0.5) is 5.69 Å². The first-order valence-corrected chi connectivity index (χ1v) is 8.16. The summed E-state index contributed by atoms with van der Waals surface area (Å²) < 4.78 is 7.69. The molecule has 0 spiro atoms. The number of aromatic nitrogens is 1. The molecular formula is C16H22ClN3OS. The quantitative estimate of drug-likeness (QED) is 0.841. The van der Waals surface area contributed by atoms with E-state index in [1.807, 2.05) is 0 Å². The van der Waals surface area contributed by atoms with Crippen LogP contribution in [0.5, 0.6) is 0 Å². The van der Waals surface area contributed by atoms with Crippen molar-refractivity contribution in [1.82, 2.24) is 4.68 Å². The molecule has 0 amide bonds. The molecule has 1 aliphatic rings. The monoisotopic (exact) mass is 339 g/mol. The topological polar surface area (TPSA) is 29.8 Å². The maximum absolute atomic E-state index is 5.45. The number of benzene rings is 1. The number of hydrogen-bond donors (Lipinski definition) is 0. The van der Waals surface area contributed by atoms with Gasteiger partial charge in [0.15, 0.2) is 0 Å². The summed E-state index contributed by atoms with van der Waals surface area (Å²) in [6.07, 6.45) is 0. The van der Waals surface area contributed by atoms with Crippen LogP contribution in [0, 0.1) is 20.8 Å². The highest BCUT2D eigenvalue weighted by molar-refractivity contribution is 7.07. The lowest BCUT2D eigenvalue weighted by molar-refractivity contribution is 0.110. The zero-order chi connectivity index (χ0) is 14.8. The van der Waals surface area contributed by atoms with E-state index in [4.69, 9.17) is 9.73 Å². The second-order valence-electron chi connectivity index (χ2n) is 5.39. The standard InChI is InChI=1S/C16H21N3OS.ClH/c1-12-5-4-6-13(2)15(12)17-16-19(14(3)11-21-16)18-7-9-20-10-8-18;/h4-6,11H,7-10H2,1-3H3;1H. The van der Waals surface area contributed by atoms with Gasteiger partial charge in [-0.2, -0.15) is 0 Å². The molecule has 0 atom stereocenters. The SMILES string of the molecule is Cc1cccc(C)c1N=c1scc(C)n1N1CCOCC1.Cl. The van der Waals surface area contributed by atoms with Crippen molar-refractivity contribution in [3.8, 4) is 0 Å². The van der Waals surface area contributed by atoms with Crippen molar-refractivity contribution in [2.75, 3.05) is 31.3 Å². The van der Waals surface area contributed by atoms with Gasteiger partial charge in [-0.25, -0.2) is 9.67 Å². The van der Waals surface area contributed by atoms with Gasteiger partial charge in [0.1, 0.15) is 0 Å². The number of aryl methyl sites for hydroxylation is 3. The lowest BCUT2D eigenvalue weighted by Gasteiger charge is -2.30. The van der Waals surface area contributed by atoms with Gasteiger partial charge in [-0.15, -0.1) is 23.7 Å². The Morgan fingerprint density at radius 2 is 1.73 bits per heavy atom. The number of ether oxygens (including phenoxy) is 1. The third-order valence-corrected chi connectivity index (χ3v) is 4.70. The summed E-state index contributed by atoms with van der Waals surface area (Å²) in [4.78, 5) is 5.97. The summed E-state index contributed by atoms with van der Waals surface area (Å²) in [5.74, 6) is 0. The fourth-order valence-corrected chi connectivity index (χ4v) is 3.52. The molecule has 1 aromatic carbocycles. The smallest absolute Gasteiger partial charge is 0.209 e. The summed E-state index contributed by atoms with van der Waals surface area (Å²) in [6, 6.07) is 6.32. The summed E-state index contributed by atoms with van der Waals surface area (Å²) in [7, 11) is 0. The molecule has 1 aliphatic heterocycles. The lowest BCUT2D eigenvalue weighted by Crippen LogP contribution is -2.48. The minimum absolute atomic E-state index is 0.